The Labute approximate surface area is 164 Å². The maximum absolute atomic E-state index is 12.8. The Kier molecular flexibility index (Phi) is 4.79. The first-order valence-electron chi connectivity index (χ1n) is 8.84. The number of benzene rings is 2. The van der Waals surface area contributed by atoms with Crippen LogP contribution < -0.4 is 0 Å². The molecule has 8 heteroatoms. The number of hydrogen-bond donors (Lipinski definition) is 0. The van der Waals surface area contributed by atoms with E-state index in [2.05, 4.69) is 0 Å². The third kappa shape index (κ3) is 3.46. The number of fused-ring (bicyclic) bond motifs is 1. The Bertz CT molecular complexity index is 1070. The number of rotatable bonds is 3. The molecule has 0 aliphatic carbocycles. The van der Waals surface area contributed by atoms with E-state index < -0.39 is 4.92 Å². The molecule has 4 rings (SSSR count). The minimum Gasteiger partial charge on any atom is -0.335 e. The predicted molar refractivity (Wildman–Crippen MR) is 107 cm³/mol. The van der Waals surface area contributed by atoms with Crippen LogP contribution >= 0.6 is 11.3 Å². The summed E-state index contributed by atoms with van der Waals surface area (Å²) in [6, 6.07) is 16.4. The van der Waals surface area contributed by atoms with Crippen LogP contribution in [-0.4, -0.2) is 52.7 Å². The van der Waals surface area contributed by atoms with Crippen LogP contribution in [0.1, 0.15) is 20.0 Å². The number of carbonyl (C=O) groups is 2. The molecule has 0 spiro atoms. The van der Waals surface area contributed by atoms with Crippen LogP contribution in [0.4, 0.5) is 5.00 Å². The Morgan fingerprint density at radius 1 is 0.857 bits per heavy atom. The Morgan fingerprint density at radius 2 is 1.50 bits per heavy atom. The van der Waals surface area contributed by atoms with Gasteiger partial charge in [0.25, 0.3) is 11.8 Å². The molecular weight excluding hydrogens is 378 g/mol. The molecule has 0 saturated carbocycles. The van der Waals surface area contributed by atoms with E-state index in [0.717, 1.165) is 22.1 Å². The van der Waals surface area contributed by atoms with Crippen LogP contribution in [0.3, 0.4) is 0 Å². The van der Waals surface area contributed by atoms with Crippen molar-refractivity contribution in [3.63, 3.8) is 0 Å². The topological polar surface area (TPSA) is 83.8 Å². The van der Waals surface area contributed by atoms with Crippen molar-refractivity contribution in [1.29, 1.82) is 0 Å². The molecule has 142 valence electrons. The normalized spacial score (nSPS) is 14.3. The summed E-state index contributed by atoms with van der Waals surface area (Å²) >= 11 is 0.877. The number of piperazine rings is 1. The van der Waals surface area contributed by atoms with Gasteiger partial charge in [-0.05, 0) is 29.0 Å². The summed E-state index contributed by atoms with van der Waals surface area (Å²) in [7, 11) is 0. The number of nitro groups is 1. The number of amides is 2. The molecule has 1 fully saturated rings. The second kappa shape index (κ2) is 7.40. The van der Waals surface area contributed by atoms with Crippen molar-refractivity contribution in [1.82, 2.24) is 9.80 Å². The first-order chi connectivity index (χ1) is 13.5. The van der Waals surface area contributed by atoms with Gasteiger partial charge in [-0.2, -0.15) is 0 Å². The lowest BCUT2D eigenvalue weighted by atomic mass is 10.1. The van der Waals surface area contributed by atoms with Gasteiger partial charge in [-0.25, -0.2) is 0 Å². The fraction of sp³-hybridized carbons (Fsp3) is 0.200. The quantitative estimate of drug-likeness (QED) is 0.503. The van der Waals surface area contributed by atoms with Crippen LogP contribution in [0.25, 0.3) is 10.8 Å². The maximum atomic E-state index is 12.8. The van der Waals surface area contributed by atoms with Crippen molar-refractivity contribution >= 4 is 38.9 Å². The largest absolute Gasteiger partial charge is 0.335 e. The van der Waals surface area contributed by atoms with Crippen molar-refractivity contribution < 1.29 is 14.5 Å². The zero-order valence-corrected chi connectivity index (χ0v) is 15.7. The second-order valence-corrected chi connectivity index (χ2v) is 7.60. The van der Waals surface area contributed by atoms with E-state index in [1.54, 1.807) is 9.80 Å². The van der Waals surface area contributed by atoms with Crippen molar-refractivity contribution in [2.24, 2.45) is 0 Å². The van der Waals surface area contributed by atoms with E-state index in [0.29, 0.717) is 36.6 Å². The molecule has 1 aliphatic heterocycles. The van der Waals surface area contributed by atoms with Gasteiger partial charge < -0.3 is 9.80 Å². The fourth-order valence-electron chi connectivity index (χ4n) is 3.31. The van der Waals surface area contributed by atoms with Gasteiger partial charge >= 0.3 is 5.00 Å². The fourth-order valence-corrected chi connectivity index (χ4v) is 4.10. The molecule has 2 amide bonds. The molecule has 0 N–H and O–H groups in total. The van der Waals surface area contributed by atoms with E-state index in [9.17, 15) is 19.7 Å². The van der Waals surface area contributed by atoms with E-state index in [4.69, 9.17) is 0 Å². The maximum Gasteiger partial charge on any atom is 0.324 e. The smallest absolute Gasteiger partial charge is 0.324 e. The SMILES string of the molecule is O=C(c1ccc2ccccc2c1)N1CCN(C(=O)c2ccc([N+](=O)[O-])s2)CC1. The summed E-state index contributed by atoms with van der Waals surface area (Å²) in [6.45, 7) is 1.68. The molecule has 0 unspecified atom stereocenters. The summed E-state index contributed by atoms with van der Waals surface area (Å²) in [6.07, 6.45) is 0. The molecule has 2 heterocycles. The monoisotopic (exact) mass is 395 g/mol. The molecule has 1 aromatic heterocycles. The highest BCUT2D eigenvalue weighted by atomic mass is 32.1. The van der Waals surface area contributed by atoms with Gasteiger partial charge in [0.2, 0.25) is 0 Å². The van der Waals surface area contributed by atoms with E-state index in [-0.39, 0.29) is 16.8 Å². The lowest BCUT2D eigenvalue weighted by Crippen LogP contribution is -2.50. The average molecular weight is 395 g/mol. The minimum absolute atomic E-state index is 0.0477. The first-order valence-corrected chi connectivity index (χ1v) is 9.66. The van der Waals surface area contributed by atoms with Crippen molar-refractivity contribution in [2.45, 2.75) is 0 Å². The highest BCUT2D eigenvalue weighted by Gasteiger charge is 2.27. The molecule has 28 heavy (non-hydrogen) atoms. The number of thiophene rings is 1. The van der Waals surface area contributed by atoms with E-state index in [1.807, 2.05) is 42.5 Å². The molecule has 0 bridgehead atoms. The van der Waals surface area contributed by atoms with Gasteiger partial charge in [0.15, 0.2) is 0 Å². The van der Waals surface area contributed by atoms with Gasteiger partial charge in [0.1, 0.15) is 0 Å². The standard InChI is InChI=1S/C20H17N3O4S/c24-19(16-6-5-14-3-1-2-4-15(14)13-16)21-9-11-22(12-10-21)20(25)17-7-8-18(28-17)23(26)27/h1-8,13H,9-12H2. The highest BCUT2D eigenvalue weighted by Crippen LogP contribution is 2.25. The summed E-state index contributed by atoms with van der Waals surface area (Å²) in [4.78, 5) is 39.4. The Morgan fingerprint density at radius 3 is 2.14 bits per heavy atom. The third-order valence-electron chi connectivity index (χ3n) is 4.83. The number of carbonyl (C=O) groups excluding carboxylic acids is 2. The molecule has 3 aromatic rings. The zero-order chi connectivity index (χ0) is 19.7. The Balaban J connectivity index is 1.41. The van der Waals surface area contributed by atoms with Gasteiger partial charge in [0, 0.05) is 37.8 Å². The third-order valence-corrected chi connectivity index (χ3v) is 5.86. The van der Waals surface area contributed by atoms with Gasteiger partial charge in [0.05, 0.1) is 9.80 Å². The van der Waals surface area contributed by atoms with Gasteiger partial charge in [-0.1, -0.05) is 41.7 Å². The van der Waals surface area contributed by atoms with Crippen LogP contribution in [0, 0.1) is 10.1 Å². The van der Waals surface area contributed by atoms with E-state index in [1.165, 1.54) is 12.1 Å². The van der Waals surface area contributed by atoms with Crippen LogP contribution in [0.15, 0.2) is 54.6 Å². The summed E-state index contributed by atoms with van der Waals surface area (Å²) in [5.41, 5.74) is 0.632. The second-order valence-electron chi connectivity index (χ2n) is 6.54. The van der Waals surface area contributed by atoms with Crippen molar-refractivity contribution in [3.05, 3.63) is 75.2 Å². The van der Waals surface area contributed by atoms with Crippen LogP contribution in [-0.2, 0) is 0 Å². The molecular formula is C20H17N3O4S. The zero-order valence-electron chi connectivity index (χ0n) is 14.9. The summed E-state index contributed by atoms with van der Waals surface area (Å²) in [5, 5.41) is 12.8. The molecule has 1 aliphatic rings. The highest BCUT2D eigenvalue weighted by molar-refractivity contribution is 7.17. The van der Waals surface area contributed by atoms with Crippen LogP contribution in [0.5, 0.6) is 0 Å². The van der Waals surface area contributed by atoms with Crippen molar-refractivity contribution in [3.8, 4) is 0 Å². The number of nitrogens with zero attached hydrogens (tertiary/aromatic N) is 3. The van der Waals surface area contributed by atoms with E-state index >= 15 is 0 Å². The summed E-state index contributed by atoms with van der Waals surface area (Å²) < 4.78 is 0. The predicted octanol–water partition coefficient (Wildman–Crippen LogP) is 3.41. The molecule has 0 radical (unpaired) electrons. The number of hydrogen-bond acceptors (Lipinski definition) is 5. The molecule has 7 nitrogen and oxygen atoms in total. The molecule has 2 aromatic carbocycles. The summed E-state index contributed by atoms with van der Waals surface area (Å²) in [5.74, 6) is -0.277. The lowest BCUT2D eigenvalue weighted by molar-refractivity contribution is -0.380. The minimum atomic E-state index is -0.498. The molecule has 0 atom stereocenters. The van der Waals surface area contributed by atoms with Crippen LogP contribution in [0.2, 0.25) is 0 Å². The first kappa shape index (κ1) is 18.1. The van der Waals surface area contributed by atoms with Crippen molar-refractivity contribution in [2.75, 3.05) is 26.2 Å². The van der Waals surface area contributed by atoms with Gasteiger partial charge in [-0.3, -0.25) is 19.7 Å². The lowest BCUT2D eigenvalue weighted by Gasteiger charge is -2.34. The van der Waals surface area contributed by atoms with Gasteiger partial charge in [-0.15, -0.1) is 0 Å². The average Bonchev–Trinajstić information content (AvgIpc) is 3.23. The molecule has 1 saturated heterocycles. The Hall–Kier alpha value is -3.26.